The monoisotopic (exact) mass is 292 g/mol. The molecule has 2 rings (SSSR count). The molecule has 0 aliphatic heterocycles. The molecule has 0 fully saturated rings. The number of carbonyl (C=O) groups excluding carboxylic acids is 1. The number of carbonyl (C=O) groups is 2. The van der Waals surface area contributed by atoms with E-state index in [0.29, 0.717) is 17.8 Å². The van der Waals surface area contributed by atoms with Crippen LogP contribution in [0.15, 0.2) is 24.3 Å². The van der Waals surface area contributed by atoms with Crippen molar-refractivity contribution in [3.8, 4) is 0 Å². The molecule has 2 N–H and O–H groups in total. The Morgan fingerprint density at radius 1 is 1.43 bits per heavy atom. The first-order chi connectivity index (χ1) is 10.0. The van der Waals surface area contributed by atoms with E-state index in [4.69, 9.17) is 5.11 Å². The van der Waals surface area contributed by atoms with Gasteiger partial charge in [0.25, 0.3) is 0 Å². The standard InChI is InChI=1S/C13H13FN4O3/c1-2-10-12(13(20)21)16-17-18(10)7-11(19)15-9-5-3-4-8(14)6-9/h3-6H,2,7H2,1H3,(H,15,19)(H,20,21). The zero-order chi connectivity index (χ0) is 15.4. The topological polar surface area (TPSA) is 97.1 Å². The largest absolute Gasteiger partial charge is 0.476 e. The number of nitrogens with one attached hydrogen (secondary N) is 1. The first-order valence-electron chi connectivity index (χ1n) is 6.22. The highest BCUT2D eigenvalue weighted by Gasteiger charge is 2.18. The molecule has 0 unspecified atom stereocenters. The number of aromatic nitrogens is 3. The number of halogens is 1. The lowest BCUT2D eigenvalue weighted by Gasteiger charge is -2.07. The molecule has 0 saturated carbocycles. The van der Waals surface area contributed by atoms with Crippen molar-refractivity contribution in [1.82, 2.24) is 15.0 Å². The van der Waals surface area contributed by atoms with Gasteiger partial charge in [0.2, 0.25) is 5.91 Å². The van der Waals surface area contributed by atoms with Crippen molar-refractivity contribution in [2.75, 3.05) is 5.32 Å². The summed E-state index contributed by atoms with van der Waals surface area (Å²) < 4.78 is 14.2. The van der Waals surface area contributed by atoms with Gasteiger partial charge in [0, 0.05) is 5.69 Å². The zero-order valence-electron chi connectivity index (χ0n) is 11.2. The highest BCUT2D eigenvalue weighted by Crippen LogP contribution is 2.10. The Morgan fingerprint density at radius 3 is 2.81 bits per heavy atom. The minimum Gasteiger partial charge on any atom is -0.476 e. The molecule has 0 aliphatic rings. The number of aromatic carboxylic acids is 1. The molecular formula is C13H13FN4O3. The average Bonchev–Trinajstić information content (AvgIpc) is 2.81. The number of hydrogen-bond acceptors (Lipinski definition) is 4. The minimum atomic E-state index is -1.19. The van der Waals surface area contributed by atoms with Crippen LogP contribution in [0.3, 0.4) is 0 Å². The summed E-state index contributed by atoms with van der Waals surface area (Å²) in [5.41, 5.74) is 0.504. The number of amides is 1. The van der Waals surface area contributed by atoms with Crippen LogP contribution in [0.4, 0.5) is 10.1 Å². The third-order valence-corrected chi connectivity index (χ3v) is 2.78. The quantitative estimate of drug-likeness (QED) is 0.866. The van der Waals surface area contributed by atoms with Crippen molar-refractivity contribution in [2.45, 2.75) is 19.9 Å². The lowest BCUT2D eigenvalue weighted by molar-refractivity contribution is -0.117. The number of carboxylic acids is 1. The fraction of sp³-hybridized carbons (Fsp3) is 0.231. The smallest absolute Gasteiger partial charge is 0.358 e. The fourth-order valence-electron chi connectivity index (χ4n) is 1.88. The van der Waals surface area contributed by atoms with Crippen molar-refractivity contribution in [3.05, 3.63) is 41.5 Å². The predicted molar refractivity (Wildman–Crippen MR) is 71.4 cm³/mol. The van der Waals surface area contributed by atoms with Crippen LogP contribution >= 0.6 is 0 Å². The first kappa shape index (κ1) is 14.6. The number of anilines is 1. The van der Waals surface area contributed by atoms with Crippen LogP contribution in [0.25, 0.3) is 0 Å². The van der Waals surface area contributed by atoms with E-state index in [1.54, 1.807) is 13.0 Å². The molecule has 0 spiro atoms. The number of carboxylic acid groups (broad SMARTS) is 1. The first-order valence-corrected chi connectivity index (χ1v) is 6.22. The summed E-state index contributed by atoms with van der Waals surface area (Å²) in [6.45, 7) is 1.55. The van der Waals surface area contributed by atoms with E-state index in [2.05, 4.69) is 15.6 Å². The van der Waals surface area contributed by atoms with Crippen molar-refractivity contribution in [3.63, 3.8) is 0 Å². The Balaban J connectivity index is 2.11. The minimum absolute atomic E-state index is 0.170. The summed E-state index contributed by atoms with van der Waals surface area (Å²) in [5, 5.41) is 18.7. The molecule has 0 saturated heterocycles. The third-order valence-electron chi connectivity index (χ3n) is 2.78. The second kappa shape index (κ2) is 6.12. The summed E-state index contributed by atoms with van der Waals surface area (Å²) in [5.74, 6) is -2.10. The Bertz CT molecular complexity index is 684. The van der Waals surface area contributed by atoms with Gasteiger partial charge in [0.05, 0.1) is 5.69 Å². The van der Waals surface area contributed by atoms with E-state index in [1.165, 1.54) is 22.9 Å². The van der Waals surface area contributed by atoms with Gasteiger partial charge in [-0.15, -0.1) is 5.10 Å². The van der Waals surface area contributed by atoms with Crippen LogP contribution in [-0.4, -0.2) is 32.0 Å². The average molecular weight is 292 g/mol. The highest BCUT2D eigenvalue weighted by atomic mass is 19.1. The molecule has 0 radical (unpaired) electrons. The fourth-order valence-corrected chi connectivity index (χ4v) is 1.88. The normalized spacial score (nSPS) is 10.4. The van der Waals surface area contributed by atoms with Crippen LogP contribution in [0, 0.1) is 5.82 Å². The van der Waals surface area contributed by atoms with Crippen LogP contribution in [0.2, 0.25) is 0 Å². The molecule has 0 bridgehead atoms. The van der Waals surface area contributed by atoms with E-state index < -0.39 is 17.7 Å². The lowest BCUT2D eigenvalue weighted by atomic mass is 10.2. The van der Waals surface area contributed by atoms with Crippen LogP contribution in [0.5, 0.6) is 0 Å². The van der Waals surface area contributed by atoms with E-state index in [-0.39, 0.29) is 12.2 Å². The summed E-state index contributed by atoms with van der Waals surface area (Å²) in [7, 11) is 0. The van der Waals surface area contributed by atoms with Crippen LogP contribution < -0.4 is 5.32 Å². The molecule has 2 aromatic rings. The summed E-state index contributed by atoms with van der Waals surface area (Å²) >= 11 is 0. The van der Waals surface area contributed by atoms with Gasteiger partial charge in [0.15, 0.2) is 5.69 Å². The molecule has 21 heavy (non-hydrogen) atoms. The van der Waals surface area contributed by atoms with Gasteiger partial charge in [-0.25, -0.2) is 13.9 Å². The second-order valence-electron chi connectivity index (χ2n) is 4.26. The van der Waals surface area contributed by atoms with Crippen molar-refractivity contribution >= 4 is 17.6 Å². The maximum atomic E-state index is 13.0. The molecular weight excluding hydrogens is 279 g/mol. The lowest BCUT2D eigenvalue weighted by Crippen LogP contribution is -2.21. The number of rotatable bonds is 5. The highest BCUT2D eigenvalue weighted by molar-refractivity contribution is 5.91. The van der Waals surface area contributed by atoms with Crippen LogP contribution in [-0.2, 0) is 17.8 Å². The molecule has 0 atom stereocenters. The summed E-state index contributed by atoms with van der Waals surface area (Å²) in [4.78, 5) is 22.8. The van der Waals surface area contributed by atoms with Gasteiger partial charge in [-0.1, -0.05) is 18.2 Å². The molecule has 1 heterocycles. The van der Waals surface area contributed by atoms with Crippen molar-refractivity contribution in [1.29, 1.82) is 0 Å². The molecule has 110 valence electrons. The van der Waals surface area contributed by atoms with Gasteiger partial charge >= 0.3 is 5.97 Å². The summed E-state index contributed by atoms with van der Waals surface area (Å²) in [6, 6.07) is 5.47. The van der Waals surface area contributed by atoms with Crippen molar-refractivity contribution in [2.24, 2.45) is 0 Å². The predicted octanol–water partition coefficient (Wildman–Crippen LogP) is 1.32. The van der Waals surface area contributed by atoms with Gasteiger partial charge in [-0.3, -0.25) is 4.79 Å². The van der Waals surface area contributed by atoms with E-state index in [0.717, 1.165) is 0 Å². The Kier molecular flexibility index (Phi) is 4.27. The van der Waals surface area contributed by atoms with Gasteiger partial charge in [-0.2, -0.15) is 0 Å². The second-order valence-corrected chi connectivity index (χ2v) is 4.26. The molecule has 1 amide bonds. The maximum Gasteiger partial charge on any atom is 0.358 e. The van der Waals surface area contributed by atoms with Gasteiger partial charge in [0.1, 0.15) is 12.4 Å². The molecule has 1 aromatic heterocycles. The maximum absolute atomic E-state index is 13.0. The third kappa shape index (κ3) is 3.41. The van der Waals surface area contributed by atoms with E-state index in [9.17, 15) is 14.0 Å². The number of nitrogens with zero attached hydrogens (tertiary/aromatic N) is 3. The molecule has 0 aliphatic carbocycles. The Morgan fingerprint density at radius 2 is 2.19 bits per heavy atom. The molecule has 8 heteroatoms. The van der Waals surface area contributed by atoms with Crippen molar-refractivity contribution < 1.29 is 19.1 Å². The van der Waals surface area contributed by atoms with Crippen LogP contribution in [0.1, 0.15) is 23.1 Å². The zero-order valence-corrected chi connectivity index (χ0v) is 11.2. The van der Waals surface area contributed by atoms with E-state index in [1.807, 2.05) is 0 Å². The Hall–Kier alpha value is -2.77. The molecule has 1 aromatic carbocycles. The molecule has 7 nitrogen and oxygen atoms in total. The Labute approximate surface area is 119 Å². The van der Waals surface area contributed by atoms with Gasteiger partial charge < -0.3 is 10.4 Å². The SMILES string of the molecule is CCc1c(C(=O)O)nnn1CC(=O)Nc1cccc(F)c1. The van der Waals surface area contributed by atoms with E-state index >= 15 is 0 Å². The summed E-state index contributed by atoms with van der Waals surface area (Å²) in [6.07, 6.45) is 0.377. The number of hydrogen-bond donors (Lipinski definition) is 2. The number of benzene rings is 1. The van der Waals surface area contributed by atoms with Gasteiger partial charge in [-0.05, 0) is 24.6 Å².